The van der Waals surface area contributed by atoms with Crippen molar-refractivity contribution in [3.63, 3.8) is 0 Å². The summed E-state index contributed by atoms with van der Waals surface area (Å²) < 4.78 is 12.2. The van der Waals surface area contributed by atoms with Crippen molar-refractivity contribution in [2.45, 2.75) is 52.5 Å². The molecule has 10 heteroatoms. The summed E-state index contributed by atoms with van der Waals surface area (Å²) in [6, 6.07) is 13.4. The summed E-state index contributed by atoms with van der Waals surface area (Å²) in [5.41, 5.74) is 7.56. The minimum atomic E-state index is -0.401. The summed E-state index contributed by atoms with van der Waals surface area (Å²) in [4.78, 5) is 25.2. The van der Waals surface area contributed by atoms with E-state index >= 15 is 0 Å². The molecule has 39 heavy (non-hydrogen) atoms. The number of hydrazine groups is 1. The lowest BCUT2D eigenvalue weighted by Gasteiger charge is -2.24. The number of nitrogens with zero attached hydrogens (tertiary/aromatic N) is 3. The van der Waals surface area contributed by atoms with Gasteiger partial charge in [0.15, 0.2) is 5.69 Å². The number of esters is 1. The van der Waals surface area contributed by atoms with Crippen LogP contribution in [0.1, 0.15) is 61.1 Å². The number of hydrogen-bond donors (Lipinski definition) is 1. The molecule has 1 aliphatic rings. The number of carbonyl (C=O) groups is 2. The van der Waals surface area contributed by atoms with E-state index in [-0.39, 0.29) is 18.6 Å². The topological polar surface area (TPSA) is 85.7 Å². The summed E-state index contributed by atoms with van der Waals surface area (Å²) in [5, 5.41) is 7.53. The van der Waals surface area contributed by atoms with Gasteiger partial charge in [0.05, 0.1) is 35.7 Å². The van der Waals surface area contributed by atoms with E-state index in [0.29, 0.717) is 47.1 Å². The number of ether oxygens (including phenoxy) is 2. The standard InChI is InChI=1S/C29H34Cl2N4O4/c1-5-39-26(36)17-38-16-23-7-6-14-34(23)33-29(37)27-19(4)28(21-10-8-20(9-11-21)18(2)3)35(32-27)25-13-12-22(30)15-24(25)31/h8-13,15,18,23H,5-7,14,16-17H2,1-4H3,(H,33,37). The van der Waals surface area contributed by atoms with Crippen molar-refractivity contribution in [1.82, 2.24) is 20.2 Å². The van der Waals surface area contributed by atoms with Gasteiger partial charge in [-0.2, -0.15) is 5.10 Å². The van der Waals surface area contributed by atoms with Gasteiger partial charge >= 0.3 is 5.97 Å². The molecular formula is C29H34Cl2N4O4. The molecule has 0 spiro atoms. The predicted octanol–water partition coefficient (Wildman–Crippen LogP) is 5.97. The third-order valence-corrected chi connectivity index (χ3v) is 7.32. The predicted molar refractivity (Wildman–Crippen MR) is 152 cm³/mol. The summed E-state index contributed by atoms with van der Waals surface area (Å²) in [6.07, 6.45) is 1.74. The molecule has 4 rings (SSSR count). The van der Waals surface area contributed by atoms with Gasteiger partial charge in [0.2, 0.25) is 0 Å². The van der Waals surface area contributed by atoms with Crippen molar-refractivity contribution in [2.24, 2.45) is 0 Å². The van der Waals surface area contributed by atoms with Crippen LogP contribution in [0, 0.1) is 6.92 Å². The van der Waals surface area contributed by atoms with Crippen LogP contribution in [0.5, 0.6) is 0 Å². The van der Waals surface area contributed by atoms with E-state index in [4.69, 9.17) is 37.8 Å². The molecule has 8 nitrogen and oxygen atoms in total. The molecule has 1 fully saturated rings. The molecule has 0 aliphatic carbocycles. The van der Waals surface area contributed by atoms with Crippen LogP contribution in [0.2, 0.25) is 10.0 Å². The molecule has 0 bridgehead atoms. The number of nitrogens with one attached hydrogen (secondary N) is 1. The van der Waals surface area contributed by atoms with Crippen molar-refractivity contribution >= 4 is 35.1 Å². The smallest absolute Gasteiger partial charge is 0.332 e. The minimum absolute atomic E-state index is 0.0560. The maximum atomic E-state index is 13.5. The number of aromatic nitrogens is 2. The molecule has 2 aromatic carbocycles. The Labute approximate surface area is 239 Å². The Balaban J connectivity index is 1.62. The van der Waals surface area contributed by atoms with Crippen molar-refractivity contribution in [3.05, 3.63) is 69.3 Å². The van der Waals surface area contributed by atoms with Gasteiger partial charge in [-0.1, -0.05) is 61.3 Å². The molecule has 1 aromatic heterocycles. The molecule has 1 aliphatic heterocycles. The van der Waals surface area contributed by atoms with Gasteiger partial charge in [0.1, 0.15) is 6.61 Å². The number of benzene rings is 2. The third-order valence-electron chi connectivity index (χ3n) is 6.78. The Morgan fingerprint density at radius 1 is 1.15 bits per heavy atom. The second-order valence-electron chi connectivity index (χ2n) is 9.86. The zero-order chi connectivity index (χ0) is 28.1. The van der Waals surface area contributed by atoms with Gasteiger partial charge in [-0.05, 0) is 56.4 Å². The zero-order valence-corrected chi connectivity index (χ0v) is 24.2. The maximum absolute atomic E-state index is 13.5. The van der Waals surface area contributed by atoms with Gasteiger partial charge in [-0.15, -0.1) is 0 Å². The van der Waals surface area contributed by atoms with Crippen LogP contribution in [0.3, 0.4) is 0 Å². The first-order valence-corrected chi connectivity index (χ1v) is 13.9. The Morgan fingerprint density at radius 2 is 1.90 bits per heavy atom. The second-order valence-corrected chi connectivity index (χ2v) is 10.7. The van der Waals surface area contributed by atoms with Gasteiger partial charge in [0, 0.05) is 22.7 Å². The van der Waals surface area contributed by atoms with Crippen molar-refractivity contribution in [1.29, 1.82) is 0 Å². The zero-order valence-electron chi connectivity index (χ0n) is 22.7. The first-order chi connectivity index (χ1) is 18.7. The highest BCUT2D eigenvalue weighted by molar-refractivity contribution is 6.35. The van der Waals surface area contributed by atoms with E-state index in [0.717, 1.165) is 29.7 Å². The lowest BCUT2D eigenvalue weighted by atomic mass is 9.99. The molecule has 0 radical (unpaired) electrons. The molecule has 3 aromatic rings. The minimum Gasteiger partial charge on any atom is -0.464 e. The summed E-state index contributed by atoms with van der Waals surface area (Å²) in [6.45, 7) is 9.11. The van der Waals surface area contributed by atoms with Gasteiger partial charge in [-0.25, -0.2) is 14.5 Å². The Hall–Kier alpha value is -2.91. The average Bonchev–Trinajstić information content (AvgIpc) is 3.48. The van der Waals surface area contributed by atoms with Crippen LogP contribution >= 0.6 is 23.2 Å². The number of carbonyl (C=O) groups excluding carboxylic acids is 2. The summed E-state index contributed by atoms with van der Waals surface area (Å²) in [7, 11) is 0. The monoisotopic (exact) mass is 572 g/mol. The van der Waals surface area contributed by atoms with E-state index in [1.165, 1.54) is 5.56 Å². The highest BCUT2D eigenvalue weighted by atomic mass is 35.5. The second kappa shape index (κ2) is 13.0. The first-order valence-electron chi connectivity index (χ1n) is 13.2. The fourth-order valence-corrected chi connectivity index (χ4v) is 5.21. The Morgan fingerprint density at radius 3 is 2.56 bits per heavy atom. The number of amides is 1. The molecule has 2 heterocycles. The largest absolute Gasteiger partial charge is 0.464 e. The fourth-order valence-electron chi connectivity index (χ4n) is 4.72. The van der Waals surface area contributed by atoms with E-state index in [2.05, 4.69) is 31.4 Å². The van der Waals surface area contributed by atoms with Gasteiger partial charge < -0.3 is 9.47 Å². The molecule has 1 unspecified atom stereocenters. The molecule has 1 N–H and O–H groups in total. The molecule has 0 saturated carbocycles. The fraction of sp³-hybridized carbons (Fsp3) is 0.414. The maximum Gasteiger partial charge on any atom is 0.332 e. The normalized spacial score (nSPS) is 15.6. The average molecular weight is 574 g/mol. The SMILES string of the molecule is CCOC(=O)COCC1CCCN1NC(=O)c1nn(-c2ccc(Cl)cc2Cl)c(-c2ccc(C(C)C)cc2)c1C. The lowest BCUT2D eigenvalue weighted by Crippen LogP contribution is -2.47. The number of rotatable bonds is 10. The lowest BCUT2D eigenvalue weighted by molar-refractivity contribution is -0.149. The van der Waals surface area contributed by atoms with Gasteiger partial charge in [0.25, 0.3) is 5.91 Å². The van der Waals surface area contributed by atoms with E-state index in [9.17, 15) is 9.59 Å². The molecular weight excluding hydrogens is 539 g/mol. The van der Waals surface area contributed by atoms with Crippen LogP contribution in [-0.4, -0.2) is 59.1 Å². The highest BCUT2D eigenvalue weighted by Crippen LogP contribution is 2.33. The van der Waals surface area contributed by atoms with Crippen LogP contribution in [0.25, 0.3) is 16.9 Å². The Kier molecular flexibility index (Phi) is 9.67. The Bertz CT molecular complexity index is 1320. The summed E-state index contributed by atoms with van der Waals surface area (Å²) >= 11 is 12.7. The molecule has 1 amide bonds. The summed E-state index contributed by atoms with van der Waals surface area (Å²) in [5.74, 6) is -0.331. The molecule has 208 valence electrons. The van der Waals surface area contributed by atoms with E-state index < -0.39 is 5.97 Å². The highest BCUT2D eigenvalue weighted by Gasteiger charge is 2.29. The first kappa shape index (κ1) is 29.1. The number of halogens is 2. The van der Waals surface area contributed by atoms with Crippen LogP contribution in [-0.2, 0) is 14.3 Å². The van der Waals surface area contributed by atoms with E-state index in [1.807, 2.05) is 24.1 Å². The molecule has 1 saturated heterocycles. The van der Waals surface area contributed by atoms with Crippen molar-refractivity contribution < 1.29 is 19.1 Å². The van der Waals surface area contributed by atoms with Crippen LogP contribution in [0.4, 0.5) is 0 Å². The quantitative estimate of drug-likeness (QED) is 0.301. The van der Waals surface area contributed by atoms with E-state index in [1.54, 1.807) is 29.8 Å². The number of hydrogen-bond acceptors (Lipinski definition) is 6. The van der Waals surface area contributed by atoms with Crippen molar-refractivity contribution in [3.8, 4) is 16.9 Å². The van der Waals surface area contributed by atoms with Crippen molar-refractivity contribution in [2.75, 3.05) is 26.4 Å². The molecule has 1 atom stereocenters. The van der Waals surface area contributed by atoms with Crippen LogP contribution < -0.4 is 5.43 Å². The van der Waals surface area contributed by atoms with Gasteiger partial charge in [-0.3, -0.25) is 10.2 Å². The third kappa shape index (κ3) is 6.81. The van der Waals surface area contributed by atoms with Crippen LogP contribution in [0.15, 0.2) is 42.5 Å².